The molecule has 5 heteroatoms. The molecule has 2 aromatic carbocycles. The number of hydrogen-bond donors (Lipinski definition) is 1. The Morgan fingerprint density at radius 2 is 1.78 bits per heavy atom. The number of carbonyl (C=O) groups is 1. The summed E-state index contributed by atoms with van der Waals surface area (Å²) in [6.07, 6.45) is 1.70. The second-order valence-electron chi connectivity index (χ2n) is 5.61. The van der Waals surface area contributed by atoms with Crippen LogP contribution in [-0.4, -0.2) is 20.9 Å². The van der Waals surface area contributed by atoms with Crippen molar-refractivity contribution in [1.29, 1.82) is 0 Å². The van der Waals surface area contributed by atoms with Crippen LogP contribution in [0.15, 0.2) is 48.7 Å². The van der Waals surface area contributed by atoms with Crippen LogP contribution in [-0.2, 0) is 0 Å². The average Bonchev–Trinajstić information content (AvgIpc) is 2.96. The number of benzene rings is 2. The topological polar surface area (TPSA) is 59.8 Å². The Kier molecular flexibility index (Phi) is 3.93. The molecule has 0 atom stereocenters. The van der Waals surface area contributed by atoms with E-state index < -0.39 is 0 Å². The zero-order chi connectivity index (χ0) is 16.4. The second-order valence-corrected chi connectivity index (χ2v) is 5.61. The molecule has 5 nitrogen and oxygen atoms in total. The molecule has 0 aliphatic rings. The van der Waals surface area contributed by atoms with E-state index in [0.717, 1.165) is 22.6 Å². The molecule has 0 fully saturated rings. The number of nitrogens with zero attached hydrogens (tertiary/aromatic N) is 3. The van der Waals surface area contributed by atoms with Gasteiger partial charge in [-0.25, -0.2) is 4.68 Å². The normalized spacial score (nSPS) is 10.6. The van der Waals surface area contributed by atoms with Gasteiger partial charge < -0.3 is 5.32 Å². The van der Waals surface area contributed by atoms with Crippen LogP contribution in [0.4, 0.5) is 5.69 Å². The minimum atomic E-state index is -0.126. The zero-order valence-corrected chi connectivity index (χ0v) is 13.4. The highest BCUT2D eigenvalue weighted by Gasteiger charge is 2.09. The number of anilines is 1. The van der Waals surface area contributed by atoms with E-state index in [1.165, 1.54) is 5.56 Å². The lowest BCUT2D eigenvalue weighted by molar-refractivity contribution is 0.102. The average molecular weight is 306 g/mol. The summed E-state index contributed by atoms with van der Waals surface area (Å²) in [5.41, 5.74) is 5.48. The standard InChI is InChI=1S/C18H18N4O/c1-12-4-9-17(13(2)10-12)20-18(23)15-5-7-16(8-6-15)22-14(3)11-19-21-22/h4-11H,1-3H3,(H,20,23). The Morgan fingerprint density at radius 3 is 2.39 bits per heavy atom. The van der Waals surface area contributed by atoms with Gasteiger partial charge in [0.1, 0.15) is 0 Å². The molecule has 0 aliphatic heterocycles. The van der Waals surface area contributed by atoms with E-state index in [1.54, 1.807) is 23.0 Å². The molecule has 0 radical (unpaired) electrons. The summed E-state index contributed by atoms with van der Waals surface area (Å²) in [5.74, 6) is -0.126. The van der Waals surface area contributed by atoms with Gasteiger partial charge in [-0.2, -0.15) is 0 Å². The van der Waals surface area contributed by atoms with Gasteiger partial charge >= 0.3 is 0 Å². The summed E-state index contributed by atoms with van der Waals surface area (Å²) >= 11 is 0. The fourth-order valence-electron chi connectivity index (χ4n) is 2.44. The van der Waals surface area contributed by atoms with Crippen LogP contribution in [0.5, 0.6) is 0 Å². The van der Waals surface area contributed by atoms with Crippen LogP contribution < -0.4 is 5.32 Å². The highest BCUT2D eigenvalue weighted by Crippen LogP contribution is 2.18. The molecule has 0 bridgehead atoms. The second kappa shape index (κ2) is 6.04. The quantitative estimate of drug-likeness (QED) is 0.806. The van der Waals surface area contributed by atoms with Crippen molar-refractivity contribution in [3.63, 3.8) is 0 Å². The molecular weight excluding hydrogens is 288 g/mol. The van der Waals surface area contributed by atoms with E-state index in [-0.39, 0.29) is 5.91 Å². The maximum atomic E-state index is 12.4. The number of hydrogen-bond acceptors (Lipinski definition) is 3. The van der Waals surface area contributed by atoms with E-state index in [0.29, 0.717) is 5.56 Å². The Balaban J connectivity index is 1.79. The van der Waals surface area contributed by atoms with Gasteiger partial charge in [0.25, 0.3) is 5.91 Å². The van der Waals surface area contributed by atoms with Gasteiger partial charge in [-0.3, -0.25) is 4.79 Å². The Morgan fingerprint density at radius 1 is 1.04 bits per heavy atom. The van der Waals surface area contributed by atoms with Gasteiger partial charge in [0.05, 0.1) is 17.6 Å². The van der Waals surface area contributed by atoms with E-state index in [9.17, 15) is 4.79 Å². The summed E-state index contributed by atoms with van der Waals surface area (Å²) in [6.45, 7) is 5.95. The Labute approximate surface area is 135 Å². The van der Waals surface area contributed by atoms with Crippen molar-refractivity contribution < 1.29 is 4.79 Å². The first kappa shape index (κ1) is 15.0. The first-order valence-corrected chi connectivity index (χ1v) is 7.41. The molecule has 0 unspecified atom stereocenters. The third-order valence-corrected chi connectivity index (χ3v) is 3.72. The van der Waals surface area contributed by atoms with E-state index in [2.05, 4.69) is 15.6 Å². The minimum absolute atomic E-state index is 0.126. The summed E-state index contributed by atoms with van der Waals surface area (Å²) in [7, 11) is 0. The van der Waals surface area contributed by atoms with Crippen LogP contribution in [0, 0.1) is 20.8 Å². The van der Waals surface area contributed by atoms with E-state index in [4.69, 9.17) is 0 Å². The molecule has 0 saturated carbocycles. The third kappa shape index (κ3) is 3.13. The van der Waals surface area contributed by atoms with Crippen molar-refractivity contribution in [2.45, 2.75) is 20.8 Å². The zero-order valence-electron chi connectivity index (χ0n) is 13.4. The number of aromatic nitrogens is 3. The highest BCUT2D eigenvalue weighted by atomic mass is 16.1. The molecule has 3 rings (SSSR count). The lowest BCUT2D eigenvalue weighted by Crippen LogP contribution is -2.13. The van der Waals surface area contributed by atoms with Gasteiger partial charge in [-0.1, -0.05) is 22.9 Å². The number of rotatable bonds is 3. The maximum Gasteiger partial charge on any atom is 0.255 e. The van der Waals surface area contributed by atoms with Crippen molar-refractivity contribution in [3.05, 3.63) is 71.0 Å². The van der Waals surface area contributed by atoms with Crippen molar-refractivity contribution in [1.82, 2.24) is 15.0 Å². The molecule has 1 N–H and O–H groups in total. The molecule has 0 spiro atoms. The highest BCUT2D eigenvalue weighted by molar-refractivity contribution is 6.04. The molecule has 1 heterocycles. The summed E-state index contributed by atoms with van der Waals surface area (Å²) in [6, 6.07) is 13.3. The predicted octanol–water partition coefficient (Wildman–Crippen LogP) is 3.44. The molecule has 0 saturated heterocycles. The van der Waals surface area contributed by atoms with Crippen molar-refractivity contribution >= 4 is 11.6 Å². The molecule has 116 valence electrons. The van der Waals surface area contributed by atoms with Crippen LogP contribution in [0.3, 0.4) is 0 Å². The lowest BCUT2D eigenvalue weighted by atomic mass is 10.1. The van der Waals surface area contributed by atoms with E-state index >= 15 is 0 Å². The van der Waals surface area contributed by atoms with Crippen LogP contribution in [0.2, 0.25) is 0 Å². The summed E-state index contributed by atoms with van der Waals surface area (Å²) in [4.78, 5) is 12.4. The number of carbonyl (C=O) groups excluding carboxylic acids is 1. The molecule has 23 heavy (non-hydrogen) atoms. The maximum absolute atomic E-state index is 12.4. The smallest absolute Gasteiger partial charge is 0.255 e. The van der Waals surface area contributed by atoms with E-state index in [1.807, 2.05) is 51.1 Å². The lowest BCUT2D eigenvalue weighted by Gasteiger charge is -2.10. The fraction of sp³-hybridized carbons (Fsp3) is 0.167. The molecule has 3 aromatic rings. The van der Waals surface area contributed by atoms with Crippen molar-refractivity contribution in [2.24, 2.45) is 0 Å². The minimum Gasteiger partial charge on any atom is -0.322 e. The number of nitrogens with one attached hydrogen (secondary N) is 1. The Bertz CT molecular complexity index is 850. The predicted molar refractivity (Wildman–Crippen MR) is 90.0 cm³/mol. The summed E-state index contributed by atoms with van der Waals surface area (Å²) in [5, 5.41) is 10.8. The molecule has 1 aromatic heterocycles. The molecular formula is C18H18N4O. The summed E-state index contributed by atoms with van der Waals surface area (Å²) < 4.78 is 1.73. The Hall–Kier alpha value is -2.95. The van der Waals surface area contributed by atoms with Crippen LogP contribution in [0.1, 0.15) is 27.2 Å². The van der Waals surface area contributed by atoms with Crippen LogP contribution >= 0.6 is 0 Å². The van der Waals surface area contributed by atoms with Crippen LogP contribution in [0.25, 0.3) is 5.69 Å². The monoisotopic (exact) mass is 306 g/mol. The van der Waals surface area contributed by atoms with Gasteiger partial charge in [0, 0.05) is 11.3 Å². The third-order valence-electron chi connectivity index (χ3n) is 3.72. The van der Waals surface area contributed by atoms with Gasteiger partial charge in [0.15, 0.2) is 0 Å². The molecule has 0 aliphatic carbocycles. The largest absolute Gasteiger partial charge is 0.322 e. The fourth-order valence-corrected chi connectivity index (χ4v) is 2.44. The number of amides is 1. The molecule has 1 amide bonds. The first-order chi connectivity index (χ1) is 11.0. The van der Waals surface area contributed by atoms with Crippen molar-refractivity contribution in [2.75, 3.05) is 5.32 Å². The SMILES string of the molecule is Cc1ccc(NC(=O)c2ccc(-n3nncc3C)cc2)c(C)c1. The van der Waals surface area contributed by atoms with Crippen molar-refractivity contribution in [3.8, 4) is 5.69 Å². The van der Waals surface area contributed by atoms with Gasteiger partial charge in [-0.05, 0) is 56.7 Å². The first-order valence-electron chi connectivity index (χ1n) is 7.41. The van der Waals surface area contributed by atoms with Gasteiger partial charge in [-0.15, -0.1) is 5.10 Å². The number of aryl methyl sites for hydroxylation is 3. The van der Waals surface area contributed by atoms with Gasteiger partial charge in [0.2, 0.25) is 0 Å².